The van der Waals surface area contributed by atoms with Gasteiger partial charge < -0.3 is 4.98 Å². The number of nitrogens with one attached hydrogen (secondary N) is 1. The smallest absolute Gasteiger partial charge is 0.266 e. The van der Waals surface area contributed by atoms with E-state index in [1.165, 1.54) is 12.1 Å². The van der Waals surface area contributed by atoms with Crippen LogP contribution in [0, 0.1) is 24.1 Å². The molecule has 0 unspecified atom stereocenters. The molecule has 84 valence electrons. The Morgan fingerprint density at radius 2 is 1.94 bits per heavy atom. The van der Waals surface area contributed by atoms with Gasteiger partial charge in [-0.1, -0.05) is 12.1 Å². The lowest BCUT2D eigenvalue weighted by Crippen LogP contribution is -2.12. The van der Waals surface area contributed by atoms with Crippen LogP contribution in [0.2, 0.25) is 0 Å². The van der Waals surface area contributed by atoms with E-state index in [4.69, 9.17) is 5.26 Å². The van der Waals surface area contributed by atoms with E-state index in [-0.39, 0.29) is 11.4 Å². The van der Waals surface area contributed by atoms with Crippen molar-refractivity contribution in [3.8, 4) is 17.2 Å². The van der Waals surface area contributed by atoms with Gasteiger partial charge >= 0.3 is 0 Å². The highest BCUT2D eigenvalue weighted by molar-refractivity contribution is 5.72. The molecule has 4 heteroatoms. The number of pyridine rings is 1. The fraction of sp³-hybridized carbons (Fsp3) is 0.0769. The van der Waals surface area contributed by atoms with Crippen LogP contribution in [0.15, 0.2) is 35.3 Å². The van der Waals surface area contributed by atoms with E-state index in [9.17, 15) is 9.18 Å². The van der Waals surface area contributed by atoms with Crippen molar-refractivity contribution in [2.45, 2.75) is 6.92 Å². The Kier molecular flexibility index (Phi) is 2.75. The van der Waals surface area contributed by atoms with Gasteiger partial charge in [-0.3, -0.25) is 4.79 Å². The van der Waals surface area contributed by atoms with Gasteiger partial charge in [-0.15, -0.1) is 0 Å². The van der Waals surface area contributed by atoms with Gasteiger partial charge in [0.1, 0.15) is 17.4 Å². The van der Waals surface area contributed by atoms with E-state index in [0.717, 1.165) is 5.56 Å². The number of aromatic amines is 1. The zero-order valence-electron chi connectivity index (χ0n) is 9.12. The van der Waals surface area contributed by atoms with Crippen molar-refractivity contribution in [3.63, 3.8) is 0 Å². The molecule has 0 amide bonds. The monoisotopic (exact) mass is 228 g/mol. The Balaban J connectivity index is 2.75. The minimum Gasteiger partial charge on any atom is -0.328 e. The summed E-state index contributed by atoms with van der Waals surface area (Å²) in [6, 6.07) is 7.59. The predicted molar refractivity (Wildman–Crippen MR) is 61.9 cm³/mol. The van der Waals surface area contributed by atoms with Gasteiger partial charge in [0.05, 0.1) is 0 Å². The average Bonchev–Trinajstić information content (AvgIpc) is 2.33. The number of hydrogen-bond donors (Lipinski definition) is 1. The highest BCUT2D eigenvalue weighted by atomic mass is 19.1. The molecular formula is C13H9FN2O. The molecule has 1 aromatic heterocycles. The van der Waals surface area contributed by atoms with Crippen molar-refractivity contribution in [3.05, 3.63) is 57.8 Å². The molecule has 2 aromatic rings. The largest absolute Gasteiger partial charge is 0.328 e. The molecule has 0 saturated heterocycles. The van der Waals surface area contributed by atoms with E-state index >= 15 is 0 Å². The minimum absolute atomic E-state index is 0.0524. The van der Waals surface area contributed by atoms with Crippen molar-refractivity contribution >= 4 is 0 Å². The Hall–Kier alpha value is -2.41. The van der Waals surface area contributed by atoms with Gasteiger partial charge in [0, 0.05) is 11.8 Å². The summed E-state index contributed by atoms with van der Waals surface area (Å²) in [5, 5.41) is 9.00. The van der Waals surface area contributed by atoms with Gasteiger partial charge in [-0.05, 0) is 30.2 Å². The molecule has 0 atom stereocenters. The van der Waals surface area contributed by atoms with Gasteiger partial charge in [-0.2, -0.15) is 5.26 Å². The lowest BCUT2D eigenvalue weighted by molar-refractivity contribution is 0.628. The fourth-order valence-corrected chi connectivity index (χ4v) is 1.72. The number of aryl methyl sites for hydroxylation is 1. The van der Waals surface area contributed by atoms with Crippen LogP contribution in [-0.2, 0) is 0 Å². The van der Waals surface area contributed by atoms with Crippen LogP contribution in [0.1, 0.15) is 11.1 Å². The molecule has 0 aliphatic heterocycles. The molecule has 2 rings (SSSR count). The molecule has 1 N–H and O–H groups in total. The zero-order valence-corrected chi connectivity index (χ0v) is 9.12. The zero-order chi connectivity index (χ0) is 12.4. The van der Waals surface area contributed by atoms with Crippen LogP contribution in [0.5, 0.6) is 0 Å². The number of benzene rings is 1. The number of H-pyrrole nitrogens is 1. The normalized spacial score (nSPS) is 9.94. The predicted octanol–water partition coefficient (Wildman–Crippen LogP) is 2.36. The van der Waals surface area contributed by atoms with E-state index in [2.05, 4.69) is 4.98 Å². The third-order valence-corrected chi connectivity index (χ3v) is 2.54. The Bertz CT molecular complexity index is 651. The Morgan fingerprint density at radius 3 is 2.53 bits per heavy atom. The minimum atomic E-state index is -0.433. The highest BCUT2D eigenvalue weighted by Crippen LogP contribution is 2.24. The molecule has 3 nitrogen and oxygen atoms in total. The molecule has 0 radical (unpaired) electrons. The summed E-state index contributed by atoms with van der Waals surface area (Å²) in [6.07, 6.45) is 1.54. The summed E-state index contributed by atoms with van der Waals surface area (Å²) < 4.78 is 12.8. The van der Waals surface area contributed by atoms with Gasteiger partial charge in [0.25, 0.3) is 5.56 Å². The van der Waals surface area contributed by atoms with Crippen molar-refractivity contribution in [2.24, 2.45) is 0 Å². The van der Waals surface area contributed by atoms with E-state index < -0.39 is 5.56 Å². The average molecular weight is 228 g/mol. The molecule has 1 aromatic carbocycles. The number of rotatable bonds is 1. The van der Waals surface area contributed by atoms with E-state index in [0.29, 0.717) is 11.1 Å². The summed E-state index contributed by atoms with van der Waals surface area (Å²) in [6.45, 7) is 1.79. The SMILES string of the molecule is Cc1c[nH]c(=O)c(C#N)c1-c1ccc(F)cc1. The second-order valence-corrected chi connectivity index (χ2v) is 3.67. The number of nitriles is 1. The van der Waals surface area contributed by atoms with E-state index in [1.54, 1.807) is 25.3 Å². The van der Waals surface area contributed by atoms with Gasteiger partial charge in [0.15, 0.2) is 0 Å². The summed E-state index contributed by atoms with van der Waals surface area (Å²) in [7, 11) is 0. The van der Waals surface area contributed by atoms with Crippen LogP contribution in [0.3, 0.4) is 0 Å². The molecule has 0 fully saturated rings. The molecular weight excluding hydrogens is 219 g/mol. The maximum absolute atomic E-state index is 12.8. The van der Waals surface area contributed by atoms with Crippen molar-refractivity contribution in [1.29, 1.82) is 5.26 Å². The maximum atomic E-state index is 12.8. The lowest BCUT2D eigenvalue weighted by atomic mass is 9.98. The van der Waals surface area contributed by atoms with E-state index in [1.807, 2.05) is 6.07 Å². The highest BCUT2D eigenvalue weighted by Gasteiger charge is 2.11. The first-order valence-corrected chi connectivity index (χ1v) is 5.02. The molecule has 0 saturated carbocycles. The Morgan fingerprint density at radius 1 is 1.29 bits per heavy atom. The van der Waals surface area contributed by atoms with Crippen molar-refractivity contribution in [2.75, 3.05) is 0 Å². The number of halogens is 1. The first-order chi connectivity index (χ1) is 8.13. The summed E-state index contributed by atoms with van der Waals surface area (Å²) in [5.74, 6) is -0.352. The summed E-state index contributed by atoms with van der Waals surface area (Å²) in [4.78, 5) is 14.0. The number of hydrogen-bond acceptors (Lipinski definition) is 2. The third kappa shape index (κ3) is 1.95. The first-order valence-electron chi connectivity index (χ1n) is 5.02. The van der Waals surface area contributed by atoms with Crippen molar-refractivity contribution < 1.29 is 4.39 Å². The summed E-state index contributed by atoms with van der Waals surface area (Å²) in [5.41, 5.74) is 1.60. The van der Waals surface area contributed by atoms with Crippen LogP contribution in [0.4, 0.5) is 4.39 Å². The quantitative estimate of drug-likeness (QED) is 0.814. The molecule has 17 heavy (non-hydrogen) atoms. The molecule has 0 spiro atoms. The second-order valence-electron chi connectivity index (χ2n) is 3.67. The fourth-order valence-electron chi connectivity index (χ4n) is 1.72. The van der Waals surface area contributed by atoms with Crippen LogP contribution in [0.25, 0.3) is 11.1 Å². The molecule has 1 heterocycles. The Labute approximate surface area is 97.2 Å². The second kappa shape index (κ2) is 4.22. The summed E-state index contributed by atoms with van der Waals surface area (Å²) >= 11 is 0. The molecule has 0 bridgehead atoms. The van der Waals surface area contributed by atoms with Crippen LogP contribution in [-0.4, -0.2) is 4.98 Å². The molecule has 0 aliphatic carbocycles. The van der Waals surface area contributed by atoms with Crippen LogP contribution >= 0.6 is 0 Å². The topological polar surface area (TPSA) is 56.6 Å². The van der Waals surface area contributed by atoms with Crippen LogP contribution < -0.4 is 5.56 Å². The molecule has 0 aliphatic rings. The number of nitrogens with zero attached hydrogens (tertiary/aromatic N) is 1. The lowest BCUT2D eigenvalue weighted by Gasteiger charge is -2.07. The van der Waals surface area contributed by atoms with Gasteiger partial charge in [-0.25, -0.2) is 4.39 Å². The van der Waals surface area contributed by atoms with Gasteiger partial charge in [0.2, 0.25) is 0 Å². The van der Waals surface area contributed by atoms with Crippen molar-refractivity contribution in [1.82, 2.24) is 4.98 Å². The standard InChI is InChI=1S/C13H9FN2O/c1-8-7-16-13(17)11(6-15)12(8)9-2-4-10(14)5-3-9/h2-5,7H,1H3,(H,16,17). The third-order valence-electron chi connectivity index (χ3n) is 2.54. The number of aromatic nitrogens is 1. The maximum Gasteiger partial charge on any atom is 0.266 e. The first kappa shape index (κ1) is 11.1.